The molecule has 6 aromatic carbocycles. The van der Waals surface area contributed by atoms with Crippen molar-refractivity contribution in [2.24, 2.45) is 0 Å². The van der Waals surface area contributed by atoms with E-state index in [1.54, 1.807) is 14.2 Å². The summed E-state index contributed by atoms with van der Waals surface area (Å²) in [5.41, 5.74) is 4.31. The van der Waals surface area contributed by atoms with Crippen molar-refractivity contribution in [3.8, 4) is 33.8 Å². The second kappa shape index (κ2) is 8.24. The molecule has 0 atom stereocenters. The van der Waals surface area contributed by atoms with Gasteiger partial charge in [-0.25, -0.2) is 0 Å². The standard InChI is InChI=1S/C32H24O2/c1-33-31-29(25-17-15-21-9-3-5-11-23(21)19-25)27-13-7-8-14-28(27)30(32(31)34-2)26-18-16-22-10-4-6-12-24(22)20-26/h3-20H,1-2H3. The van der Waals surface area contributed by atoms with Gasteiger partial charge in [0.25, 0.3) is 0 Å². The molecule has 0 aliphatic carbocycles. The van der Waals surface area contributed by atoms with Crippen molar-refractivity contribution in [1.29, 1.82) is 0 Å². The first-order valence-electron chi connectivity index (χ1n) is 11.4. The first kappa shape index (κ1) is 20.3. The summed E-state index contributed by atoms with van der Waals surface area (Å²) in [7, 11) is 3.45. The van der Waals surface area contributed by atoms with Crippen LogP contribution >= 0.6 is 0 Å². The van der Waals surface area contributed by atoms with Crippen molar-refractivity contribution in [1.82, 2.24) is 0 Å². The van der Waals surface area contributed by atoms with E-state index in [0.717, 1.165) is 44.5 Å². The Balaban J connectivity index is 1.71. The molecule has 0 aliphatic heterocycles. The highest BCUT2D eigenvalue weighted by Crippen LogP contribution is 2.51. The van der Waals surface area contributed by atoms with Gasteiger partial charge in [0.1, 0.15) is 0 Å². The fraction of sp³-hybridized carbons (Fsp3) is 0.0625. The summed E-state index contributed by atoms with van der Waals surface area (Å²) in [6, 6.07) is 38.5. The van der Waals surface area contributed by atoms with E-state index in [-0.39, 0.29) is 0 Å². The number of methoxy groups -OCH3 is 2. The normalized spacial score (nSPS) is 11.2. The Kier molecular flexibility index (Phi) is 4.92. The molecule has 164 valence electrons. The molecule has 0 aromatic heterocycles. The second-order valence-electron chi connectivity index (χ2n) is 8.49. The molecule has 2 nitrogen and oxygen atoms in total. The summed E-state index contributed by atoms with van der Waals surface area (Å²) in [6.07, 6.45) is 0. The Labute approximate surface area is 199 Å². The van der Waals surface area contributed by atoms with E-state index in [1.165, 1.54) is 21.5 Å². The fourth-order valence-electron chi connectivity index (χ4n) is 5.04. The molecule has 0 saturated carbocycles. The zero-order valence-electron chi connectivity index (χ0n) is 19.2. The molecule has 0 N–H and O–H groups in total. The van der Waals surface area contributed by atoms with Crippen molar-refractivity contribution in [2.45, 2.75) is 0 Å². The second-order valence-corrected chi connectivity index (χ2v) is 8.49. The lowest BCUT2D eigenvalue weighted by atomic mass is 9.89. The minimum atomic E-state index is 0.750. The molecule has 6 aromatic rings. The van der Waals surface area contributed by atoms with Gasteiger partial charge in [0.2, 0.25) is 0 Å². The maximum Gasteiger partial charge on any atom is 0.169 e. The van der Waals surface area contributed by atoms with Gasteiger partial charge in [-0.1, -0.05) is 97.1 Å². The summed E-state index contributed by atoms with van der Waals surface area (Å²) in [5.74, 6) is 1.50. The van der Waals surface area contributed by atoms with E-state index in [1.807, 2.05) is 0 Å². The lowest BCUT2D eigenvalue weighted by molar-refractivity contribution is 0.358. The highest BCUT2D eigenvalue weighted by atomic mass is 16.5. The van der Waals surface area contributed by atoms with Gasteiger partial charge < -0.3 is 9.47 Å². The number of benzene rings is 6. The molecule has 0 bridgehead atoms. The smallest absolute Gasteiger partial charge is 0.169 e. The first-order chi connectivity index (χ1) is 16.8. The number of ether oxygens (including phenoxy) is 2. The highest BCUT2D eigenvalue weighted by Gasteiger charge is 2.23. The van der Waals surface area contributed by atoms with Crippen LogP contribution in [-0.2, 0) is 0 Å². The van der Waals surface area contributed by atoms with E-state index < -0.39 is 0 Å². The van der Waals surface area contributed by atoms with Crippen LogP contribution in [0.1, 0.15) is 0 Å². The van der Waals surface area contributed by atoms with Gasteiger partial charge in [-0.2, -0.15) is 0 Å². The molecule has 0 saturated heterocycles. The van der Waals surface area contributed by atoms with Crippen molar-refractivity contribution < 1.29 is 9.47 Å². The summed E-state index contributed by atoms with van der Waals surface area (Å²) in [4.78, 5) is 0. The van der Waals surface area contributed by atoms with E-state index in [2.05, 4.69) is 109 Å². The van der Waals surface area contributed by atoms with Gasteiger partial charge in [0.05, 0.1) is 14.2 Å². The van der Waals surface area contributed by atoms with Gasteiger partial charge in [-0.15, -0.1) is 0 Å². The van der Waals surface area contributed by atoms with Gasteiger partial charge in [-0.3, -0.25) is 0 Å². The Morgan fingerprint density at radius 3 is 1.21 bits per heavy atom. The quantitative estimate of drug-likeness (QED) is 0.274. The lowest BCUT2D eigenvalue weighted by Crippen LogP contribution is -1.98. The summed E-state index contributed by atoms with van der Waals surface area (Å²) >= 11 is 0. The van der Waals surface area contributed by atoms with E-state index in [4.69, 9.17) is 9.47 Å². The van der Waals surface area contributed by atoms with Gasteiger partial charge in [-0.05, 0) is 55.6 Å². The van der Waals surface area contributed by atoms with E-state index >= 15 is 0 Å². The van der Waals surface area contributed by atoms with Gasteiger partial charge in [0, 0.05) is 11.1 Å². The summed E-state index contributed by atoms with van der Waals surface area (Å²) in [5, 5.41) is 7.10. The SMILES string of the molecule is COc1c(OC)c(-c2ccc3ccccc3c2)c2ccccc2c1-c1ccc2ccccc2c1. The molecule has 0 amide bonds. The average Bonchev–Trinajstić information content (AvgIpc) is 2.91. The summed E-state index contributed by atoms with van der Waals surface area (Å²) < 4.78 is 12.1. The largest absolute Gasteiger partial charge is 0.492 e. The third-order valence-electron chi connectivity index (χ3n) is 6.61. The molecule has 0 fully saturated rings. The average molecular weight is 441 g/mol. The fourth-order valence-corrected chi connectivity index (χ4v) is 5.04. The van der Waals surface area contributed by atoms with Crippen molar-refractivity contribution >= 4 is 32.3 Å². The molecule has 2 heteroatoms. The van der Waals surface area contributed by atoms with Gasteiger partial charge >= 0.3 is 0 Å². The van der Waals surface area contributed by atoms with Crippen LogP contribution in [0.4, 0.5) is 0 Å². The Bertz CT molecular complexity index is 1550. The van der Waals surface area contributed by atoms with Crippen LogP contribution in [-0.4, -0.2) is 14.2 Å². The minimum absolute atomic E-state index is 0.750. The summed E-state index contributed by atoms with van der Waals surface area (Å²) in [6.45, 7) is 0. The number of hydrogen-bond acceptors (Lipinski definition) is 2. The minimum Gasteiger partial charge on any atom is -0.492 e. The Hall–Kier alpha value is -4.30. The van der Waals surface area contributed by atoms with Crippen LogP contribution in [0.3, 0.4) is 0 Å². The van der Waals surface area contributed by atoms with E-state index in [9.17, 15) is 0 Å². The van der Waals surface area contributed by atoms with Crippen LogP contribution in [0.15, 0.2) is 109 Å². The van der Waals surface area contributed by atoms with Crippen molar-refractivity contribution in [3.63, 3.8) is 0 Å². The maximum atomic E-state index is 6.07. The molecular formula is C32H24O2. The van der Waals surface area contributed by atoms with Gasteiger partial charge in [0.15, 0.2) is 11.5 Å². The zero-order chi connectivity index (χ0) is 23.1. The highest BCUT2D eigenvalue weighted by molar-refractivity contribution is 6.12. The van der Waals surface area contributed by atoms with Crippen LogP contribution in [0.5, 0.6) is 11.5 Å². The topological polar surface area (TPSA) is 18.5 Å². The molecule has 0 radical (unpaired) electrons. The molecule has 34 heavy (non-hydrogen) atoms. The van der Waals surface area contributed by atoms with Crippen LogP contribution in [0.25, 0.3) is 54.6 Å². The molecule has 0 unspecified atom stereocenters. The molecule has 0 heterocycles. The number of fused-ring (bicyclic) bond motifs is 3. The van der Waals surface area contributed by atoms with Crippen molar-refractivity contribution in [2.75, 3.05) is 14.2 Å². The van der Waals surface area contributed by atoms with Crippen LogP contribution in [0, 0.1) is 0 Å². The predicted molar refractivity (Wildman–Crippen MR) is 143 cm³/mol. The van der Waals surface area contributed by atoms with Crippen LogP contribution < -0.4 is 9.47 Å². The van der Waals surface area contributed by atoms with Crippen molar-refractivity contribution in [3.05, 3.63) is 109 Å². The zero-order valence-corrected chi connectivity index (χ0v) is 19.2. The third kappa shape index (κ3) is 3.19. The van der Waals surface area contributed by atoms with Crippen LogP contribution in [0.2, 0.25) is 0 Å². The lowest BCUT2D eigenvalue weighted by Gasteiger charge is -2.21. The van der Waals surface area contributed by atoms with E-state index in [0.29, 0.717) is 0 Å². The first-order valence-corrected chi connectivity index (χ1v) is 11.4. The maximum absolute atomic E-state index is 6.07. The molecular weight excluding hydrogens is 416 g/mol. The predicted octanol–water partition coefficient (Wildman–Crippen LogP) is 8.50. The Morgan fingerprint density at radius 2 is 0.794 bits per heavy atom. The number of rotatable bonds is 4. The molecule has 0 aliphatic rings. The monoisotopic (exact) mass is 440 g/mol. The Morgan fingerprint density at radius 1 is 0.412 bits per heavy atom. The molecule has 0 spiro atoms. The molecule has 6 rings (SSSR count). The third-order valence-corrected chi connectivity index (χ3v) is 6.61. The number of hydrogen-bond donors (Lipinski definition) is 0.